The van der Waals surface area contributed by atoms with Crippen LogP contribution in [-0.4, -0.2) is 26.4 Å². The highest BCUT2D eigenvalue weighted by Gasteiger charge is 2.18. The Hall–Kier alpha value is -2.95. The van der Waals surface area contributed by atoms with Crippen molar-refractivity contribution in [2.24, 2.45) is 0 Å². The first-order valence-electron chi connectivity index (χ1n) is 8.79. The van der Waals surface area contributed by atoms with Crippen LogP contribution in [0.25, 0.3) is 43.7 Å². The van der Waals surface area contributed by atoms with Crippen molar-refractivity contribution in [1.29, 1.82) is 0 Å². The Balaban J connectivity index is 2.00. The van der Waals surface area contributed by atoms with Gasteiger partial charge in [-0.15, -0.1) is 0 Å². The third-order valence-electron chi connectivity index (χ3n) is 5.16. The van der Waals surface area contributed by atoms with Crippen LogP contribution >= 0.6 is 11.6 Å². The van der Waals surface area contributed by atoms with Crippen LogP contribution < -0.4 is 0 Å². The van der Waals surface area contributed by atoms with Gasteiger partial charge in [0, 0.05) is 56.6 Å². The number of hydrogen-bond donors (Lipinski definition) is 3. The van der Waals surface area contributed by atoms with E-state index in [0.29, 0.717) is 11.6 Å². The standard InChI is InChI=1S/C22H17ClN2O2/c23-19-4-2-1-3-14(19)15-10-21-22(18-12-24-11-17(15)18)16-9-13(27)5-6-20(16)25(21)7-8-26/h1-6,9-12,24,26-27H,7-8H2. The van der Waals surface area contributed by atoms with E-state index < -0.39 is 0 Å². The summed E-state index contributed by atoms with van der Waals surface area (Å²) in [4.78, 5) is 3.22. The molecular formula is C22H17ClN2O2. The Morgan fingerprint density at radius 2 is 1.70 bits per heavy atom. The lowest BCUT2D eigenvalue weighted by Gasteiger charge is -2.10. The summed E-state index contributed by atoms with van der Waals surface area (Å²) in [6, 6.07) is 15.3. The number of rotatable bonds is 3. The second kappa shape index (κ2) is 6.05. The molecule has 0 saturated heterocycles. The van der Waals surface area contributed by atoms with Crippen molar-refractivity contribution in [3.63, 3.8) is 0 Å². The molecule has 0 aliphatic carbocycles. The summed E-state index contributed by atoms with van der Waals surface area (Å²) in [6.45, 7) is 0.509. The average Bonchev–Trinajstić information content (AvgIpc) is 3.25. The summed E-state index contributed by atoms with van der Waals surface area (Å²) in [5.74, 6) is 0.226. The maximum absolute atomic E-state index is 10.0. The van der Waals surface area contributed by atoms with Crippen molar-refractivity contribution in [3.8, 4) is 16.9 Å². The highest BCUT2D eigenvalue weighted by Crippen LogP contribution is 2.42. The molecule has 0 radical (unpaired) electrons. The van der Waals surface area contributed by atoms with Gasteiger partial charge in [-0.2, -0.15) is 0 Å². The first-order chi connectivity index (χ1) is 13.2. The molecule has 0 unspecified atom stereocenters. The number of H-pyrrole nitrogens is 1. The molecule has 0 spiro atoms. The molecule has 0 atom stereocenters. The van der Waals surface area contributed by atoms with Gasteiger partial charge >= 0.3 is 0 Å². The van der Waals surface area contributed by atoms with Crippen molar-refractivity contribution in [3.05, 3.63) is 65.9 Å². The van der Waals surface area contributed by atoms with Crippen molar-refractivity contribution in [2.45, 2.75) is 6.54 Å². The zero-order valence-electron chi connectivity index (χ0n) is 14.4. The summed E-state index contributed by atoms with van der Waals surface area (Å²) < 4.78 is 2.09. The molecule has 4 nitrogen and oxygen atoms in total. The summed E-state index contributed by atoms with van der Waals surface area (Å²) >= 11 is 6.49. The van der Waals surface area contributed by atoms with Crippen molar-refractivity contribution in [2.75, 3.05) is 6.61 Å². The van der Waals surface area contributed by atoms with Gasteiger partial charge in [-0.25, -0.2) is 0 Å². The molecule has 5 heteroatoms. The van der Waals surface area contributed by atoms with E-state index >= 15 is 0 Å². The molecule has 134 valence electrons. The molecular weight excluding hydrogens is 360 g/mol. The van der Waals surface area contributed by atoms with Gasteiger partial charge in [-0.1, -0.05) is 29.8 Å². The van der Waals surface area contributed by atoms with E-state index in [-0.39, 0.29) is 12.4 Å². The predicted molar refractivity (Wildman–Crippen MR) is 110 cm³/mol. The molecule has 0 fully saturated rings. The monoisotopic (exact) mass is 376 g/mol. The topological polar surface area (TPSA) is 61.2 Å². The van der Waals surface area contributed by atoms with Crippen LogP contribution in [0.15, 0.2) is 60.9 Å². The fourth-order valence-electron chi connectivity index (χ4n) is 4.05. The number of benzene rings is 3. The average molecular weight is 377 g/mol. The van der Waals surface area contributed by atoms with Gasteiger partial charge in [0.2, 0.25) is 0 Å². The van der Waals surface area contributed by atoms with Crippen LogP contribution in [0.5, 0.6) is 5.75 Å². The zero-order chi connectivity index (χ0) is 18.5. The minimum absolute atomic E-state index is 0.0341. The molecule has 3 aromatic carbocycles. The number of aliphatic hydroxyl groups is 1. The highest BCUT2D eigenvalue weighted by molar-refractivity contribution is 6.34. The highest BCUT2D eigenvalue weighted by atomic mass is 35.5. The first-order valence-corrected chi connectivity index (χ1v) is 9.17. The van der Waals surface area contributed by atoms with Gasteiger partial charge < -0.3 is 19.8 Å². The molecule has 0 bridgehead atoms. The maximum atomic E-state index is 10.0. The number of aromatic hydroxyl groups is 1. The molecule has 3 N–H and O–H groups in total. The van der Waals surface area contributed by atoms with Crippen molar-refractivity contribution in [1.82, 2.24) is 9.55 Å². The van der Waals surface area contributed by atoms with E-state index in [1.54, 1.807) is 12.1 Å². The van der Waals surface area contributed by atoms with E-state index in [1.807, 2.05) is 42.7 Å². The molecule has 0 saturated carbocycles. The number of phenolic OH excluding ortho intramolecular Hbond substituents is 1. The quantitative estimate of drug-likeness (QED) is 0.400. The van der Waals surface area contributed by atoms with E-state index in [0.717, 1.165) is 43.7 Å². The van der Waals surface area contributed by atoms with E-state index in [2.05, 4.69) is 15.6 Å². The summed E-state index contributed by atoms with van der Waals surface area (Å²) in [7, 11) is 0. The summed E-state index contributed by atoms with van der Waals surface area (Å²) in [6.07, 6.45) is 3.95. The van der Waals surface area contributed by atoms with E-state index in [1.165, 1.54) is 0 Å². The number of nitrogens with zero attached hydrogens (tertiary/aromatic N) is 1. The third-order valence-corrected chi connectivity index (χ3v) is 5.49. The molecule has 0 aliphatic rings. The van der Waals surface area contributed by atoms with E-state index in [9.17, 15) is 10.2 Å². The molecule has 2 heterocycles. The molecule has 5 rings (SSSR count). The molecule has 2 aromatic heterocycles. The Bertz CT molecular complexity index is 1320. The number of hydrogen-bond acceptors (Lipinski definition) is 2. The van der Waals surface area contributed by atoms with Gasteiger partial charge in [0.25, 0.3) is 0 Å². The van der Waals surface area contributed by atoms with Crippen LogP contribution in [0.2, 0.25) is 5.02 Å². The molecule has 5 aromatic rings. The number of halogens is 1. The number of aliphatic hydroxyl groups excluding tert-OH is 1. The minimum Gasteiger partial charge on any atom is -0.508 e. The Labute approximate surface area is 160 Å². The Morgan fingerprint density at radius 1 is 0.889 bits per heavy atom. The second-order valence-corrected chi connectivity index (χ2v) is 7.06. The smallest absolute Gasteiger partial charge is 0.116 e. The lowest BCUT2D eigenvalue weighted by molar-refractivity contribution is 0.280. The van der Waals surface area contributed by atoms with Crippen LogP contribution in [0.4, 0.5) is 0 Å². The number of nitrogens with one attached hydrogen (secondary N) is 1. The SMILES string of the molecule is OCCn1c2ccc(O)cc2c2c3c[nH]cc3c(-c3ccccc3Cl)cc21. The van der Waals surface area contributed by atoms with Crippen molar-refractivity contribution < 1.29 is 10.2 Å². The molecule has 0 aliphatic heterocycles. The van der Waals surface area contributed by atoms with Gasteiger partial charge in [-0.05, 0) is 35.9 Å². The lowest BCUT2D eigenvalue weighted by atomic mass is 9.97. The number of aromatic nitrogens is 2. The van der Waals surface area contributed by atoms with E-state index in [4.69, 9.17) is 11.6 Å². The minimum atomic E-state index is 0.0341. The van der Waals surface area contributed by atoms with Gasteiger partial charge in [0.05, 0.1) is 12.1 Å². The van der Waals surface area contributed by atoms with Crippen LogP contribution in [0, 0.1) is 0 Å². The second-order valence-electron chi connectivity index (χ2n) is 6.66. The van der Waals surface area contributed by atoms with Crippen LogP contribution in [0.1, 0.15) is 0 Å². The third kappa shape index (κ3) is 2.34. The summed E-state index contributed by atoms with van der Waals surface area (Å²) in [5, 5.41) is 24.5. The zero-order valence-corrected chi connectivity index (χ0v) is 15.2. The largest absolute Gasteiger partial charge is 0.508 e. The molecule has 27 heavy (non-hydrogen) atoms. The number of phenols is 1. The Morgan fingerprint density at radius 3 is 2.52 bits per heavy atom. The van der Waals surface area contributed by atoms with Gasteiger partial charge in [0.1, 0.15) is 5.75 Å². The number of aromatic amines is 1. The summed E-state index contributed by atoms with van der Waals surface area (Å²) in [5.41, 5.74) is 3.99. The van der Waals surface area contributed by atoms with Gasteiger partial charge in [0.15, 0.2) is 0 Å². The van der Waals surface area contributed by atoms with Crippen molar-refractivity contribution >= 4 is 44.2 Å². The molecule has 0 amide bonds. The first kappa shape index (κ1) is 16.2. The Kier molecular flexibility index (Phi) is 3.64. The number of fused-ring (bicyclic) bond motifs is 5. The fourth-order valence-corrected chi connectivity index (χ4v) is 4.28. The van der Waals surface area contributed by atoms with Crippen LogP contribution in [0.3, 0.4) is 0 Å². The van der Waals surface area contributed by atoms with Gasteiger partial charge in [-0.3, -0.25) is 0 Å². The predicted octanol–water partition coefficient (Wildman–Crippen LogP) is 5.29. The fraction of sp³-hybridized carbons (Fsp3) is 0.0909. The van der Waals surface area contributed by atoms with Crippen LogP contribution in [-0.2, 0) is 6.54 Å². The maximum Gasteiger partial charge on any atom is 0.116 e. The normalized spacial score (nSPS) is 11.8. The lowest BCUT2D eigenvalue weighted by Crippen LogP contribution is -2.01.